The van der Waals surface area contributed by atoms with Crippen molar-refractivity contribution in [3.8, 4) is 0 Å². The third-order valence-electron chi connectivity index (χ3n) is 3.48. The second kappa shape index (κ2) is 6.96. The molecule has 2 aromatic rings. The van der Waals surface area contributed by atoms with Gasteiger partial charge in [0, 0.05) is 18.0 Å². The molecule has 0 saturated carbocycles. The zero-order chi connectivity index (χ0) is 14.7. The van der Waals surface area contributed by atoms with Gasteiger partial charge in [0.25, 0.3) is 0 Å². The summed E-state index contributed by atoms with van der Waals surface area (Å²) in [7, 11) is 2.09. The van der Waals surface area contributed by atoms with Crippen LogP contribution < -0.4 is 4.90 Å². The van der Waals surface area contributed by atoms with Gasteiger partial charge in [-0.15, -0.1) is 11.3 Å². The van der Waals surface area contributed by atoms with Crippen molar-refractivity contribution in [3.63, 3.8) is 0 Å². The smallest absolute Gasteiger partial charge is 0.225 e. The summed E-state index contributed by atoms with van der Waals surface area (Å²) in [6.45, 7) is 4.38. The second-order valence-electron chi connectivity index (χ2n) is 4.84. The molecule has 0 aromatic carbocycles. The maximum absolute atomic E-state index is 6.08. The van der Waals surface area contributed by atoms with Crippen molar-refractivity contribution < 1.29 is 0 Å². The number of thiophene rings is 1. The normalized spacial score (nSPS) is 12.8. The van der Waals surface area contributed by atoms with Crippen LogP contribution in [0.2, 0.25) is 5.28 Å². The number of rotatable bonds is 6. The lowest BCUT2D eigenvalue weighted by molar-refractivity contribution is 0.664. The number of fused-ring (bicyclic) bond motifs is 1. The molecule has 0 fully saturated rings. The Kier molecular flexibility index (Phi) is 5.52. The minimum Gasteiger partial charge on any atom is -0.356 e. The van der Waals surface area contributed by atoms with E-state index in [4.69, 9.17) is 11.6 Å². The molecule has 0 amide bonds. The van der Waals surface area contributed by atoms with Gasteiger partial charge in [-0.1, -0.05) is 6.92 Å². The minimum atomic E-state index is 0.334. The lowest BCUT2D eigenvalue weighted by Gasteiger charge is -2.26. The van der Waals surface area contributed by atoms with Gasteiger partial charge in [0.05, 0.1) is 5.39 Å². The number of halogens is 1. The Bertz CT molecular complexity index is 585. The van der Waals surface area contributed by atoms with Gasteiger partial charge in [-0.2, -0.15) is 16.7 Å². The highest BCUT2D eigenvalue weighted by Crippen LogP contribution is 2.32. The maximum Gasteiger partial charge on any atom is 0.225 e. The highest BCUT2D eigenvalue weighted by Gasteiger charge is 2.17. The number of thioether (sulfide) groups is 1. The lowest BCUT2D eigenvalue weighted by atomic mass is 10.2. The number of aromatic nitrogens is 2. The van der Waals surface area contributed by atoms with Crippen LogP contribution in [0.15, 0.2) is 6.07 Å². The monoisotopic (exact) mass is 329 g/mol. The molecule has 110 valence electrons. The van der Waals surface area contributed by atoms with Crippen LogP contribution in [0.5, 0.6) is 0 Å². The average Bonchev–Trinajstić information content (AvgIpc) is 2.85. The Morgan fingerprint density at radius 2 is 2.20 bits per heavy atom. The fourth-order valence-electron chi connectivity index (χ4n) is 2.06. The van der Waals surface area contributed by atoms with Gasteiger partial charge >= 0.3 is 0 Å². The first-order valence-electron chi connectivity index (χ1n) is 6.74. The summed E-state index contributed by atoms with van der Waals surface area (Å²) in [6, 6.07) is 2.63. The van der Waals surface area contributed by atoms with Crippen molar-refractivity contribution in [2.75, 3.05) is 24.0 Å². The second-order valence-corrected chi connectivity index (χ2v) is 7.28. The molecule has 3 nitrogen and oxygen atoms in total. The van der Waals surface area contributed by atoms with Crippen LogP contribution in [0.1, 0.15) is 25.1 Å². The van der Waals surface area contributed by atoms with Crippen molar-refractivity contribution in [2.24, 2.45) is 0 Å². The fourth-order valence-corrected chi connectivity index (χ4v) is 3.82. The predicted molar refractivity (Wildman–Crippen MR) is 92.7 cm³/mol. The molecule has 1 atom stereocenters. The summed E-state index contributed by atoms with van der Waals surface area (Å²) in [5.41, 5.74) is 0. The van der Waals surface area contributed by atoms with E-state index in [1.807, 2.05) is 11.8 Å². The van der Waals surface area contributed by atoms with E-state index in [-0.39, 0.29) is 0 Å². The van der Waals surface area contributed by atoms with Crippen LogP contribution in [0, 0.1) is 0 Å². The van der Waals surface area contributed by atoms with E-state index in [1.54, 1.807) is 11.3 Å². The van der Waals surface area contributed by atoms with Crippen molar-refractivity contribution in [2.45, 2.75) is 32.7 Å². The van der Waals surface area contributed by atoms with E-state index >= 15 is 0 Å². The number of anilines is 1. The van der Waals surface area contributed by atoms with E-state index in [2.05, 4.69) is 48.1 Å². The Balaban J connectivity index is 2.38. The molecule has 0 bridgehead atoms. The zero-order valence-corrected chi connectivity index (χ0v) is 14.7. The summed E-state index contributed by atoms with van der Waals surface area (Å²) in [6.07, 6.45) is 4.29. The van der Waals surface area contributed by atoms with Crippen LogP contribution in [0.25, 0.3) is 10.2 Å². The molecule has 2 aromatic heterocycles. The molecule has 0 N–H and O–H groups in total. The Morgan fingerprint density at radius 3 is 2.85 bits per heavy atom. The first-order chi connectivity index (χ1) is 9.56. The quantitative estimate of drug-likeness (QED) is 0.730. The van der Waals surface area contributed by atoms with Gasteiger partial charge in [0.15, 0.2) is 0 Å². The first kappa shape index (κ1) is 15.9. The minimum absolute atomic E-state index is 0.334. The molecule has 20 heavy (non-hydrogen) atoms. The van der Waals surface area contributed by atoms with Gasteiger partial charge in [-0.25, -0.2) is 4.98 Å². The Hall–Kier alpha value is -0.520. The average molecular weight is 330 g/mol. The molecule has 6 heteroatoms. The number of aryl methyl sites for hydroxylation is 1. The Labute approximate surface area is 133 Å². The van der Waals surface area contributed by atoms with Crippen LogP contribution >= 0.6 is 34.7 Å². The third-order valence-corrected chi connectivity index (χ3v) is 5.47. The van der Waals surface area contributed by atoms with E-state index in [0.29, 0.717) is 11.3 Å². The third kappa shape index (κ3) is 3.38. The van der Waals surface area contributed by atoms with Crippen molar-refractivity contribution in [1.82, 2.24) is 9.97 Å². The van der Waals surface area contributed by atoms with Crippen molar-refractivity contribution >= 4 is 50.7 Å². The van der Waals surface area contributed by atoms with E-state index in [0.717, 1.165) is 34.6 Å². The fraction of sp³-hybridized carbons (Fsp3) is 0.571. The standard InChI is InChI=1S/C14H20ClN3S2/c1-5-10-8-11-12(16-14(15)17-13(11)20-10)18(3)9(2)6-7-19-4/h8-9H,5-7H2,1-4H3. The highest BCUT2D eigenvalue weighted by molar-refractivity contribution is 7.98. The van der Waals surface area contributed by atoms with Crippen LogP contribution in [-0.4, -0.2) is 35.1 Å². The van der Waals surface area contributed by atoms with Gasteiger partial charge < -0.3 is 4.90 Å². The predicted octanol–water partition coefficient (Wildman–Crippen LogP) is 4.48. The molecule has 2 rings (SSSR count). The summed E-state index contributed by atoms with van der Waals surface area (Å²) < 4.78 is 0. The Morgan fingerprint density at radius 1 is 1.45 bits per heavy atom. The molecule has 0 aliphatic carbocycles. The molecule has 0 aliphatic heterocycles. The van der Waals surface area contributed by atoms with Crippen LogP contribution in [0.4, 0.5) is 5.82 Å². The number of hydrogen-bond acceptors (Lipinski definition) is 5. The zero-order valence-electron chi connectivity index (χ0n) is 12.3. The summed E-state index contributed by atoms with van der Waals surface area (Å²) in [4.78, 5) is 13.3. The van der Waals surface area contributed by atoms with Crippen molar-refractivity contribution in [3.05, 3.63) is 16.2 Å². The molecule has 2 heterocycles. The summed E-state index contributed by atoms with van der Waals surface area (Å²) >= 11 is 9.66. The van der Waals surface area contributed by atoms with E-state index in [9.17, 15) is 0 Å². The van der Waals surface area contributed by atoms with Gasteiger partial charge in [-0.3, -0.25) is 0 Å². The molecular formula is C14H20ClN3S2. The topological polar surface area (TPSA) is 29.0 Å². The van der Waals surface area contributed by atoms with Gasteiger partial charge in [0.2, 0.25) is 5.28 Å². The molecule has 0 spiro atoms. The summed E-state index contributed by atoms with van der Waals surface area (Å²) in [5, 5.41) is 1.45. The SMILES string of the molecule is CCc1cc2c(N(C)C(C)CCSC)nc(Cl)nc2s1. The molecule has 0 saturated heterocycles. The first-order valence-corrected chi connectivity index (χ1v) is 9.33. The van der Waals surface area contributed by atoms with E-state index in [1.165, 1.54) is 4.88 Å². The molecular weight excluding hydrogens is 310 g/mol. The maximum atomic E-state index is 6.08. The largest absolute Gasteiger partial charge is 0.356 e. The van der Waals surface area contributed by atoms with E-state index < -0.39 is 0 Å². The highest BCUT2D eigenvalue weighted by atomic mass is 35.5. The lowest BCUT2D eigenvalue weighted by Crippen LogP contribution is -2.30. The molecule has 0 radical (unpaired) electrons. The summed E-state index contributed by atoms with van der Waals surface area (Å²) in [5.74, 6) is 2.10. The molecule has 1 unspecified atom stereocenters. The van der Waals surface area contributed by atoms with Crippen molar-refractivity contribution in [1.29, 1.82) is 0 Å². The number of nitrogens with zero attached hydrogens (tertiary/aromatic N) is 3. The molecule has 0 aliphatic rings. The van der Waals surface area contributed by atoms with Crippen LogP contribution in [-0.2, 0) is 6.42 Å². The number of hydrogen-bond donors (Lipinski definition) is 0. The van der Waals surface area contributed by atoms with Gasteiger partial charge in [0.1, 0.15) is 10.6 Å². The van der Waals surface area contributed by atoms with Crippen LogP contribution in [0.3, 0.4) is 0 Å². The van der Waals surface area contributed by atoms with Gasteiger partial charge in [-0.05, 0) is 49.4 Å².